The summed E-state index contributed by atoms with van der Waals surface area (Å²) in [6.07, 6.45) is 5.25. The molecule has 1 aliphatic heterocycles. The highest BCUT2D eigenvalue weighted by Crippen LogP contribution is 2.37. The molecule has 0 bridgehead atoms. The average molecular weight is 289 g/mol. The zero-order valence-electron chi connectivity index (χ0n) is 11.9. The summed E-state index contributed by atoms with van der Waals surface area (Å²) in [5.74, 6) is 0.409. The molecule has 0 atom stereocenters. The Hall–Kier alpha value is -2.11. The molecule has 0 radical (unpaired) electrons. The highest BCUT2D eigenvalue weighted by atomic mass is 19.1. The van der Waals surface area contributed by atoms with E-state index >= 15 is 0 Å². The molecule has 1 aromatic rings. The number of aliphatic imine (C=N–C) groups is 2. The number of nitrogens with zero attached hydrogens (tertiary/aromatic N) is 3. The maximum Gasteiger partial charge on any atom is 0.220 e. The maximum atomic E-state index is 13.0. The molecule has 0 amide bonds. The van der Waals surface area contributed by atoms with E-state index in [2.05, 4.69) is 9.98 Å². The van der Waals surface area contributed by atoms with Crippen molar-refractivity contribution in [2.75, 3.05) is 0 Å². The number of rotatable bonds is 2. The third kappa shape index (κ3) is 2.70. The standard InChI is InChI=1S/C15H20FN5/c16-12-6-4-11(5-7-12)10-21-14(18)19-13(17)20-15(21)8-2-1-3-9-15/h4-7H,1-3,8-10H2,(H4,17,18,19,20). The van der Waals surface area contributed by atoms with Crippen LogP contribution in [0.15, 0.2) is 34.3 Å². The van der Waals surface area contributed by atoms with Crippen LogP contribution < -0.4 is 11.5 Å². The second-order valence-corrected chi connectivity index (χ2v) is 5.70. The summed E-state index contributed by atoms with van der Waals surface area (Å²) >= 11 is 0. The predicted molar refractivity (Wildman–Crippen MR) is 81.0 cm³/mol. The lowest BCUT2D eigenvalue weighted by atomic mass is 9.87. The molecule has 2 aliphatic rings. The highest BCUT2D eigenvalue weighted by molar-refractivity contribution is 5.95. The number of hydrogen-bond donors (Lipinski definition) is 2. The lowest BCUT2D eigenvalue weighted by Gasteiger charge is -2.45. The van der Waals surface area contributed by atoms with Crippen molar-refractivity contribution in [2.24, 2.45) is 21.5 Å². The van der Waals surface area contributed by atoms with Crippen LogP contribution in [0.1, 0.15) is 37.7 Å². The number of hydrogen-bond acceptors (Lipinski definition) is 5. The Morgan fingerprint density at radius 2 is 1.76 bits per heavy atom. The third-order valence-electron chi connectivity index (χ3n) is 4.24. The van der Waals surface area contributed by atoms with Gasteiger partial charge in [0.1, 0.15) is 11.5 Å². The van der Waals surface area contributed by atoms with Gasteiger partial charge in [0.15, 0.2) is 0 Å². The molecule has 1 aliphatic carbocycles. The van der Waals surface area contributed by atoms with Crippen molar-refractivity contribution in [3.8, 4) is 0 Å². The van der Waals surface area contributed by atoms with Crippen LogP contribution in [-0.4, -0.2) is 22.5 Å². The highest BCUT2D eigenvalue weighted by Gasteiger charge is 2.41. The molecule has 21 heavy (non-hydrogen) atoms. The van der Waals surface area contributed by atoms with Crippen molar-refractivity contribution < 1.29 is 4.39 Å². The lowest BCUT2D eigenvalue weighted by molar-refractivity contribution is 0.114. The van der Waals surface area contributed by atoms with E-state index in [0.29, 0.717) is 12.5 Å². The summed E-state index contributed by atoms with van der Waals surface area (Å²) in [5, 5.41) is 0. The molecule has 1 heterocycles. The van der Waals surface area contributed by atoms with Crippen LogP contribution in [0.25, 0.3) is 0 Å². The van der Waals surface area contributed by atoms with Gasteiger partial charge in [-0.25, -0.2) is 9.38 Å². The van der Waals surface area contributed by atoms with Crippen molar-refractivity contribution in [3.05, 3.63) is 35.6 Å². The molecule has 1 fully saturated rings. The van der Waals surface area contributed by atoms with Crippen molar-refractivity contribution in [3.63, 3.8) is 0 Å². The minimum atomic E-state index is -0.386. The molecule has 1 spiro atoms. The van der Waals surface area contributed by atoms with Gasteiger partial charge in [-0.2, -0.15) is 4.99 Å². The molecule has 0 unspecified atom stereocenters. The van der Waals surface area contributed by atoms with Crippen LogP contribution in [0.4, 0.5) is 4.39 Å². The average Bonchev–Trinajstić information content (AvgIpc) is 2.46. The van der Waals surface area contributed by atoms with E-state index in [9.17, 15) is 4.39 Å². The molecule has 0 saturated heterocycles. The molecule has 3 rings (SSSR count). The van der Waals surface area contributed by atoms with Crippen LogP contribution in [0, 0.1) is 5.82 Å². The second-order valence-electron chi connectivity index (χ2n) is 5.70. The van der Waals surface area contributed by atoms with Gasteiger partial charge in [0.2, 0.25) is 11.9 Å². The van der Waals surface area contributed by atoms with Gasteiger partial charge >= 0.3 is 0 Å². The van der Waals surface area contributed by atoms with Crippen molar-refractivity contribution in [1.29, 1.82) is 0 Å². The largest absolute Gasteiger partial charge is 0.369 e. The molecule has 0 aromatic heterocycles. The van der Waals surface area contributed by atoms with Gasteiger partial charge in [0.05, 0.1) is 0 Å². The van der Waals surface area contributed by atoms with Crippen molar-refractivity contribution in [2.45, 2.75) is 44.3 Å². The molecule has 1 saturated carbocycles. The first kappa shape index (κ1) is 13.9. The topological polar surface area (TPSA) is 80.0 Å². The van der Waals surface area contributed by atoms with Gasteiger partial charge in [-0.05, 0) is 43.4 Å². The van der Waals surface area contributed by atoms with E-state index in [0.717, 1.165) is 31.2 Å². The Morgan fingerprint density at radius 1 is 1.10 bits per heavy atom. The van der Waals surface area contributed by atoms with Crippen molar-refractivity contribution >= 4 is 11.9 Å². The van der Waals surface area contributed by atoms with E-state index in [4.69, 9.17) is 11.5 Å². The maximum absolute atomic E-state index is 13.0. The monoisotopic (exact) mass is 289 g/mol. The van der Waals surface area contributed by atoms with E-state index < -0.39 is 0 Å². The van der Waals surface area contributed by atoms with E-state index in [1.165, 1.54) is 18.6 Å². The molecule has 4 N–H and O–H groups in total. The van der Waals surface area contributed by atoms with E-state index in [1.807, 2.05) is 4.90 Å². The first-order valence-electron chi connectivity index (χ1n) is 7.31. The first-order valence-corrected chi connectivity index (χ1v) is 7.31. The van der Waals surface area contributed by atoms with Crippen LogP contribution in [0.3, 0.4) is 0 Å². The summed E-state index contributed by atoms with van der Waals surface area (Å²) in [4.78, 5) is 10.7. The van der Waals surface area contributed by atoms with Gasteiger partial charge in [-0.3, -0.25) is 0 Å². The van der Waals surface area contributed by atoms with Gasteiger partial charge in [-0.15, -0.1) is 0 Å². The van der Waals surface area contributed by atoms with E-state index in [-0.39, 0.29) is 17.4 Å². The summed E-state index contributed by atoms with van der Waals surface area (Å²) in [7, 11) is 0. The summed E-state index contributed by atoms with van der Waals surface area (Å²) in [6.45, 7) is 0.562. The van der Waals surface area contributed by atoms with Gasteiger partial charge in [-0.1, -0.05) is 18.6 Å². The molecule has 6 heteroatoms. The lowest BCUT2D eigenvalue weighted by Crippen LogP contribution is -2.57. The first-order chi connectivity index (χ1) is 10.1. The van der Waals surface area contributed by atoms with E-state index in [1.54, 1.807) is 12.1 Å². The SMILES string of the molecule is NC1=NC2(CCCCC2)N(Cc2ccc(F)cc2)C(N)=N1. The molecule has 112 valence electrons. The van der Waals surface area contributed by atoms with Crippen LogP contribution in [0.2, 0.25) is 0 Å². The molecular weight excluding hydrogens is 269 g/mol. The Balaban J connectivity index is 1.90. The fourth-order valence-electron chi connectivity index (χ4n) is 3.19. The number of guanidine groups is 2. The molecule has 5 nitrogen and oxygen atoms in total. The smallest absolute Gasteiger partial charge is 0.220 e. The third-order valence-corrected chi connectivity index (χ3v) is 4.24. The summed E-state index contributed by atoms with van der Waals surface area (Å²) < 4.78 is 13.0. The summed E-state index contributed by atoms with van der Waals surface area (Å²) in [5.41, 5.74) is 12.5. The minimum Gasteiger partial charge on any atom is -0.369 e. The number of benzene rings is 1. The van der Waals surface area contributed by atoms with Crippen LogP contribution in [-0.2, 0) is 6.54 Å². The van der Waals surface area contributed by atoms with Gasteiger partial charge < -0.3 is 16.4 Å². The van der Waals surface area contributed by atoms with Crippen molar-refractivity contribution in [1.82, 2.24) is 4.90 Å². The molecular formula is C15H20FN5. The van der Waals surface area contributed by atoms with Gasteiger partial charge in [0.25, 0.3) is 0 Å². The minimum absolute atomic E-state index is 0.242. The Labute approximate surface area is 123 Å². The summed E-state index contributed by atoms with van der Waals surface area (Å²) in [6, 6.07) is 6.44. The Kier molecular flexibility index (Phi) is 3.53. The Bertz CT molecular complexity index is 572. The quantitative estimate of drug-likeness (QED) is 0.873. The van der Waals surface area contributed by atoms with Crippen LogP contribution in [0.5, 0.6) is 0 Å². The number of halogens is 1. The predicted octanol–water partition coefficient (Wildman–Crippen LogP) is 1.93. The zero-order valence-corrected chi connectivity index (χ0v) is 11.9. The number of nitrogens with two attached hydrogens (primary N) is 2. The fourth-order valence-corrected chi connectivity index (χ4v) is 3.19. The molecule has 1 aromatic carbocycles. The Morgan fingerprint density at radius 3 is 2.43 bits per heavy atom. The zero-order chi connectivity index (χ0) is 14.9. The van der Waals surface area contributed by atoms with Crippen LogP contribution >= 0.6 is 0 Å². The second kappa shape index (κ2) is 5.35. The normalized spacial score (nSPS) is 21.1. The van der Waals surface area contributed by atoms with Gasteiger partial charge in [0, 0.05) is 6.54 Å². The fraction of sp³-hybridized carbons (Fsp3) is 0.467.